The third-order valence-electron chi connectivity index (χ3n) is 5.30. The number of thiocarbonyl (C=S) groups is 1. The van der Waals surface area contributed by atoms with Crippen molar-refractivity contribution in [3.05, 3.63) is 23.8 Å². The average Bonchev–Trinajstić information content (AvgIpc) is 2.75. The van der Waals surface area contributed by atoms with Gasteiger partial charge in [-0.05, 0) is 24.4 Å². The molecule has 0 bridgehead atoms. The molecule has 0 aliphatic carbocycles. The molecule has 31 heavy (non-hydrogen) atoms. The largest absolute Gasteiger partial charge is 0.504 e. The smallest absolute Gasteiger partial charge is 0.214 e. The number of benzene rings is 1. The molecule has 3 N–H and O–H groups in total. The summed E-state index contributed by atoms with van der Waals surface area (Å²) in [6, 6.07) is 4.69. The van der Waals surface area contributed by atoms with Gasteiger partial charge in [0, 0.05) is 36.9 Å². The van der Waals surface area contributed by atoms with Gasteiger partial charge in [-0.15, -0.1) is 0 Å². The van der Waals surface area contributed by atoms with Crippen molar-refractivity contribution in [1.29, 1.82) is 0 Å². The molecule has 0 saturated carbocycles. The standard InChI is InChI=1S/C20H32N5O4PS/c1-20(2,3)30(24-7-11-28-12-8-24,25-9-13-29-14-10-25)23-19(31)22-21-15-16-5-4-6-17(26)18(16)27/h4-6,15,26-27H,7-14H2,1-3H3,(H,22,31). The highest BCUT2D eigenvalue weighted by Gasteiger charge is 2.45. The van der Waals surface area contributed by atoms with E-state index in [1.807, 2.05) is 0 Å². The van der Waals surface area contributed by atoms with Crippen molar-refractivity contribution in [3.8, 4) is 11.5 Å². The number of hydrazone groups is 1. The Kier molecular flexibility index (Phi) is 8.07. The average molecular weight is 470 g/mol. The Morgan fingerprint density at radius 1 is 1.06 bits per heavy atom. The highest BCUT2D eigenvalue weighted by molar-refractivity contribution is 7.81. The SMILES string of the molecule is CC(C)(C)P(=NC(=S)NN=Cc1cccc(O)c1O)(N1CCOCC1)N1CCOCC1. The summed E-state index contributed by atoms with van der Waals surface area (Å²) in [7, 11) is -2.25. The number of hydrogen-bond acceptors (Lipinski definition) is 6. The van der Waals surface area contributed by atoms with E-state index in [-0.39, 0.29) is 21.8 Å². The van der Waals surface area contributed by atoms with Crippen molar-refractivity contribution in [2.75, 3.05) is 52.6 Å². The first-order chi connectivity index (χ1) is 14.8. The van der Waals surface area contributed by atoms with Gasteiger partial charge < -0.3 is 19.7 Å². The van der Waals surface area contributed by atoms with Gasteiger partial charge in [-0.2, -0.15) is 5.10 Å². The second kappa shape index (κ2) is 10.4. The lowest BCUT2D eigenvalue weighted by molar-refractivity contribution is 0.0551. The lowest BCUT2D eigenvalue weighted by Gasteiger charge is -2.52. The van der Waals surface area contributed by atoms with Gasteiger partial charge in [0.1, 0.15) is 7.36 Å². The number of ether oxygens (including phenoxy) is 2. The van der Waals surface area contributed by atoms with E-state index < -0.39 is 7.36 Å². The Bertz CT molecular complexity index is 840. The molecule has 9 nitrogen and oxygen atoms in total. The molecule has 2 heterocycles. The molecule has 172 valence electrons. The predicted octanol–water partition coefficient (Wildman–Crippen LogP) is 2.80. The van der Waals surface area contributed by atoms with Crippen molar-refractivity contribution in [2.24, 2.45) is 9.85 Å². The van der Waals surface area contributed by atoms with Crippen LogP contribution in [0.15, 0.2) is 28.0 Å². The van der Waals surface area contributed by atoms with Crippen LogP contribution in [-0.2, 0) is 9.47 Å². The summed E-state index contributed by atoms with van der Waals surface area (Å²) in [4.78, 5) is 0. The molecule has 1 aromatic carbocycles. The molecule has 0 aromatic heterocycles. The molecule has 0 amide bonds. The van der Waals surface area contributed by atoms with Gasteiger partial charge in [-0.25, -0.2) is 4.74 Å². The first-order valence-corrected chi connectivity index (χ1v) is 12.4. The van der Waals surface area contributed by atoms with Crippen molar-refractivity contribution >= 4 is 30.9 Å². The maximum Gasteiger partial charge on any atom is 0.214 e. The van der Waals surface area contributed by atoms with Crippen LogP contribution in [0.3, 0.4) is 0 Å². The molecular weight excluding hydrogens is 437 g/mol. The zero-order valence-electron chi connectivity index (χ0n) is 18.3. The molecule has 2 fully saturated rings. The molecule has 2 aliphatic heterocycles. The van der Waals surface area contributed by atoms with E-state index in [4.69, 9.17) is 26.4 Å². The Balaban J connectivity index is 1.92. The summed E-state index contributed by atoms with van der Waals surface area (Å²) >= 11 is 5.59. The lowest BCUT2D eigenvalue weighted by atomic mass is 10.2. The van der Waals surface area contributed by atoms with Crippen LogP contribution in [0.25, 0.3) is 0 Å². The van der Waals surface area contributed by atoms with E-state index >= 15 is 0 Å². The Hall–Kier alpha value is -1.55. The fourth-order valence-electron chi connectivity index (χ4n) is 3.93. The number of morpholine rings is 2. The van der Waals surface area contributed by atoms with E-state index in [9.17, 15) is 10.2 Å². The molecule has 11 heteroatoms. The quantitative estimate of drug-likeness (QED) is 0.203. The van der Waals surface area contributed by atoms with Gasteiger partial charge in [0.25, 0.3) is 0 Å². The van der Waals surface area contributed by atoms with Gasteiger partial charge in [-0.3, -0.25) is 14.8 Å². The molecule has 0 atom stereocenters. The van der Waals surface area contributed by atoms with Crippen molar-refractivity contribution in [1.82, 2.24) is 14.8 Å². The second-order valence-electron chi connectivity index (χ2n) is 8.36. The maximum absolute atomic E-state index is 9.94. The number of aromatic hydroxyl groups is 2. The predicted molar refractivity (Wildman–Crippen MR) is 127 cm³/mol. The second-order valence-corrected chi connectivity index (χ2v) is 12.6. The van der Waals surface area contributed by atoms with Gasteiger partial charge >= 0.3 is 0 Å². The third kappa shape index (κ3) is 5.45. The molecule has 0 spiro atoms. The molecule has 2 saturated heterocycles. The summed E-state index contributed by atoms with van der Waals surface area (Å²) in [6.07, 6.45) is 1.41. The Labute approximate surface area is 189 Å². The number of para-hydroxylation sites is 1. The minimum Gasteiger partial charge on any atom is -0.504 e. The third-order valence-corrected chi connectivity index (χ3v) is 10.3. The monoisotopic (exact) mass is 469 g/mol. The van der Waals surface area contributed by atoms with E-state index in [0.717, 1.165) is 26.2 Å². The fourth-order valence-corrected chi connectivity index (χ4v) is 8.67. The zero-order valence-corrected chi connectivity index (χ0v) is 20.0. The fraction of sp³-hybridized carbons (Fsp3) is 0.600. The van der Waals surface area contributed by atoms with Crippen LogP contribution >= 0.6 is 19.6 Å². The maximum atomic E-state index is 9.94. The van der Waals surface area contributed by atoms with Crippen molar-refractivity contribution in [2.45, 2.75) is 25.9 Å². The molecule has 0 unspecified atom stereocenters. The van der Waals surface area contributed by atoms with Gasteiger partial charge in [0.05, 0.1) is 32.6 Å². The normalized spacial score (nSPS) is 19.5. The molecule has 1 aromatic rings. The summed E-state index contributed by atoms with van der Waals surface area (Å²) < 4.78 is 21.3. The van der Waals surface area contributed by atoms with Crippen LogP contribution in [-0.4, -0.2) is 88.6 Å². The van der Waals surface area contributed by atoms with Crippen LogP contribution < -0.4 is 5.43 Å². The first-order valence-electron chi connectivity index (χ1n) is 10.4. The number of hydrogen-bond donors (Lipinski definition) is 3. The van der Waals surface area contributed by atoms with Crippen LogP contribution in [0.1, 0.15) is 26.3 Å². The highest BCUT2D eigenvalue weighted by atomic mass is 32.1. The number of phenolic OH excluding ortho intramolecular Hbond substituents is 2. The summed E-state index contributed by atoms with van der Waals surface area (Å²) in [5, 5.41) is 23.9. The highest BCUT2D eigenvalue weighted by Crippen LogP contribution is 2.66. The van der Waals surface area contributed by atoms with E-state index in [1.54, 1.807) is 12.1 Å². The van der Waals surface area contributed by atoms with Crippen LogP contribution in [0, 0.1) is 0 Å². The molecule has 3 rings (SSSR count). The molecular formula is C20H32N5O4PS. The van der Waals surface area contributed by atoms with Crippen LogP contribution in [0.5, 0.6) is 11.5 Å². The summed E-state index contributed by atoms with van der Waals surface area (Å²) in [5.41, 5.74) is 3.22. The van der Waals surface area contributed by atoms with Gasteiger partial charge in [0.2, 0.25) is 5.11 Å². The van der Waals surface area contributed by atoms with E-state index in [0.29, 0.717) is 32.0 Å². The molecule has 2 aliphatic rings. The summed E-state index contributed by atoms with van der Waals surface area (Å²) in [6.45, 7) is 12.5. The minimum atomic E-state index is -2.25. The van der Waals surface area contributed by atoms with Gasteiger partial charge in [-0.1, -0.05) is 26.8 Å². The number of phenols is 2. The number of nitrogens with zero attached hydrogens (tertiary/aromatic N) is 4. The van der Waals surface area contributed by atoms with Crippen molar-refractivity contribution < 1.29 is 19.7 Å². The van der Waals surface area contributed by atoms with Crippen LogP contribution in [0.4, 0.5) is 0 Å². The topological polar surface area (TPSA) is 102 Å². The number of nitrogens with one attached hydrogen (secondary N) is 1. The van der Waals surface area contributed by atoms with E-state index in [2.05, 4.69) is 40.6 Å². The zero-order chi connectivity index (χ0) is 22.5. The summed E-state index contributed by atoms with van der Waals surface area (Å²) in [5.74, 6) is -0.428. The van der Waals surface area contributed by atoms with Crippen molar-refractivity contribution in [3.63, 3.8) is 0 Å². The Morgan fingerprint density at radius 3 is 2.13 bits per heavy atom. The first kappa shape index (κ1) is 24.1. The Morgan fingerprint density at radius 2 is 1.61 bits per heavy atom. The van der Waals surface area contributed by atoms with Crippen LogP contribution in [0.2, 0.25) is 0 Å². The number of rotatable bonds is 4. The van der Waals surface area contributed by atoms with Gasteiger partial charge in [0.15, 0.2) is 11.5 Å². The molecule has 0 radical (unpaired) electrons. The lowest BCUT2D eigenvalue weighted by Crippen LogP contribution is -2.48. The minimum absolute atomic E-state index is 0.152. The van der Waals surface area contributed by atoms with E-state index in [1.165, 1.54) is 12.3 Å².